The van der Waals surface area contributed by atoms with E-state index in [0.29, 0.717) is 12.1 Å². The molecule has 3 nitrogen and oxygen atoms in total. The van der Waals surface area contributed by atoms with Crippen molar-refractivity contribution in [1.29, 1.82) is 0 Å². The van der Waals surface area contributed by atoms with Gasteiger partial charge in [0.1, 0.15) is 11.8 Å². The third kappa shape index (κ3) is 1.27. The van der Waals surface area contributed by atoms with Crippen LogP contribution in [0.3, 0.4) is 0 Å². The Balaban J connectivity index is 2.63. The number of fused-ring (bicyclic) bond motifs is 1. The topological polar surface area (TPSA) is 45.7 Å². The van der Waals surface area contributed by atoms with E-state index in [0.717, 1.165) is 16.5 Å². The zero-order valence-electron chi connectivity index (χ0n) is 7.90. The third-order valence-electron chi connectivity index (χ3n) is 2.25. The molecule has 1 heterocycles. The van der Waals surface area contributed by atoms with Crippen LogP contribution in [0.15, 0.2) is 40.1 Å². The number of para-hydroxylation sites is 1. The second kappa shape index (κ2) is 3.54. The quantitative estimate of drug-likeness (QED) is 0.448. The first-order valence-electron chi connectivity index (χ1n) is 4.54. The van der Waals surface area contributed by atoms with Gasteiger partial charge in [0.15, 0.2) is 0 Å². The highest BCUT2D eigenvalue weighted by molar-refractivity contribution is 6.09. The van der Waals surface area contributed by atoms with Crippen LogP contribution in [0, 0.1) is 0 Å². The first kappa shape index (κ1) is 8.81. The van der Waals surface area contributed by atoms with Crippen LogP contribution >= 0.6 is 0 Å². The van der Waals surface area contributed by atoms with Crippen molar-refractivity contribution < 1.29 is 9.62 Å². The summed E-state index contributed by atoms with van der Waals surface area (Å²) in [5.74, 6) is 0. The number of furan rings is 1. The Morgan fingerprint density at radius 3 is 2.93 bits per heavy atom. The Bertz CT molecular complexity index is 471. The molecule has 0 atom stereocenters. The van der Waals surface area contributed by atoms with Gasteiger partial charge >= 0.3 is 0 Å². The highest BCUT2D eigenvalue weighted by Crippen LogP contribution is 2.22. The summed E-state index contributed by atoms with van der Waals surface area (Å²) in [7, 11) is 0. The molecule has 0 amide bonds. The van der Waals surface area contributed by atoms with E-state index in [1.54, 1.807) is 6.26 Å². The molecule has 1 aromatic carbocycles. The van der Waals surface area contributed by atoms with Crippen LogP contribution in [-0.2, 0) is 0 Å². The van der Waals surface area contributed by atoms with Gasteiger partial charge in [0, 0.05) is 10.9 Å². The maximum atomic E-state index is 8.80. The maximum absolute atomic E-state index is 8.80. The molecule has 0 spiro atoms. The average Bonchev–Trinajstić information content (AvgIpc) is 2.65. The van der Waals surface area contributed by atoms with Crippen molar-refractivity contribution >= 4 is 16.7 Å². The molecule has 0 aliphatic carbocycles. The van der Waals surface area contributed by atoms with Gasteiger partial charge in [-0.2, -0.15) is 0 Å². The van der Waals surface area contributed by atoms with Gasteiger partial charge in [-0.1, -0.05) is 30.3 Å². The van der Waals surface area contributed by atoms with E-state index >= 15 is 0 Å². The summed E-state index contributed by atoms with van der Waals surface area (Å²) in [6.07, 6.45) is 2.31. The number of oxime groups is 1. The zero-order chi connectivity index (χ0) is 9.97. The van der Waals surface area contributed by atoms with E-state index in [1.165, 1.54) is 0 Å². The van der Waals surface area contributed by atoms with E-state index in [2.05, 4.69) is 5.16 Å². The van der Waals surface area contributed by atoms with Crippen molar-refractivity contribution in [3.05, 3.63) is 36.1 Å². The molecule has 1 N–H and O–H groups in total. The molecule has 0 saturated heterocycles. The normalized spacial score (nSPS) is 12.2. The molecule has 3 heteroatoms. The van der Waals surface area contributed by atoms with Gasteiger partial charge in [0.25, 0.3) is 0 Å². The second-order valence-electron chi connectivity index (χ2n) is 3.05. The Labute approximate surface area is 81.6 Å². The maximum Gasteiger partial charge on any atom is 0.134 e. The van der Waals surface area contributed by atoms with E-state index in [-0.39, 0.29) is 0 Å². The molecule has 0 bridgehead atoms. The molecular weight excluding hydrogens is 178 g/mol. The molecule has 2 rings (SSSR count). The SMILES string of the molecule is CC/C(=N/O)c1coc2ccccc12. The van der Waals surface area contributed by atoms with E-state index < -0.39 is 0 Å². The summed E-state index contributed by atoms with van der Waals surface area (Å²) in [5, 5.41) is 13.0. The van der Waals surface area contributed by atoms with Gasteiger partial charge in [-0.05, 0) is 12.5 Å². The van der Waals surface area contributed by atoms with Crippen LogP contribution in [-0.4, -0.2) is 10.9 Å². The minimum Gasteiger partial charge on any atom is -0.464 e. The summed E-state index contributed by atoms with van der Waals surface area (Å²) < 4.78 is 5.34. The van der Waals surface area contributed by atoms with Crippen molar-refractivity contribution in [3.8, 4) is 0 Å². The van der Waals surface area contributed by atoms with Crippen LogP contribution < -0.4 is 0 Å². The average molecular weight is 189 g/mol. The lowest BCUT2D eigenvalue weighted by Gasteiger charge is -1.96. The molecular formula is C11H11NO2. The summed E-state index contributed by atoms with van der Waals surface area (Å²) >= 11 is 0. The molecule has 72 valence electrons. The van der Waals surface area contributed by atoms with Crippen LogP contribution in [0.4, 0.5) is 0 Å². The van der Waals surface area contributed by atoms with E-state index in [1.807, 2.05) is 31.2 Å². The zero-order valence-corrected chi connectivity index (χ0v) is 7.90. The summed E-state index contributed by atoms with van der Waals surface area (Å²) in [6.45, 7) is 1.94. The van der Waals surface area contributed by atoms with Gasteiger partial charge in [0.05, 0.1) is 5.71 Å². The molecule has 1 aromatic heterocycles. The predicted molar refractivity (Wildman–Crippen MR) is 54.8 cm³/mol. The molecule has 0 saturated carbocycles. The summed E-state index contributed by atoms with van der Waals surface area (Å²) in [5.41, 5.74) is 2.33. The standard InChI is InChI=1S/C11H11NO2/c1-2-10(12-13)9-7-14-11-6-4-3-5-8(9)11/h3-7,13H,2H2,1H3/b12-10-. The van der Waals surface area contributed by atoms with Crippen LogP contribution in [0.25, 0.3) is 11.0 Å². The molecule has 2 aromatic rings. The second-order valence-corrected chi connectivity index (χ2v) is 3.05. The summed E-state index contributed by atoms with van der Waals surface area (Å²) in [4.78, 5) is 0. The van der Waals surface area contributed by atoms with Crippen LogP contribution in [0.2, 0.25) is 0 Å². The van der Waals surface area contributed by atoms with Gasteiger partial charge < -0.3 is 9.62 Å². The molecule has 0 unspecified atom stereocenters. The first-order valence-corrected chi connectivity index (χ1v) is 4.54. The molecule has 0 aliphatic rings. The van der Waals surface area contributed by atoms with Gasteiger partial charge in [0.2, 0.25) is 0 Å². The van der Waals surface area contributed by atoms with Gasteiger partial charge in [-0.15, -0.1) is 0 Å². The number of rotatable bonds is 2. The van der Waals surface area contributed by atoms with Crippen molar-refractivity contribution in [1.82, 2.24) is 0 Å². The Kier molecular flexibility index (Phi) is 2.23. The Morgan fingerprint density at radius 1 is 1.43 bits per heavy atom. The fraction of sp³-hybridized carbons (Fsp3) is 0.182. The molecule has 0 aliphatic heterocycles. The summed E-state index contributed by atoms with van der Waals surface area (Å²) in [6, 6.07) is 7.70. The van der Waals surface area contributed by atoms with Crippen LogP contribution in [0.1, 0.15) is 18.9 Å². The predicted octanol–water partition coefficient (Wildman–Crippen LogP) is 3.02. The highest BCUT2D eigenvalue weighted by atomic mass is 16.4. The molecule has 0 fully saturated rings. The Hall–Kier alpha value is -1.77. The molecule has 0 radical (unpaired) electrons. The lowest BCUT2D eigenvalue weighted by atomic mass is 10.1. The molecule has 14 heavy (non-hydrogen) atoms. The monoisotopic (exact) mass is 189 g/mol. The van der Waals surface area contributed by atoms with E-state index in [9.17, 15) is 0 Å². The van der Waals surface area contributed by atoms with Crippen molar-refractivity contribution in [2.45, 2.75) is 13.3 Å². The highest BCUT2D eigenvalue weighted by Gasteiger charge is 2.09. The smallest absolute Gasteiger partial charge is 0.134 e. The number of benzene rings is 1. The Morgan fingerprint density at radius 2 is 2.21 bits per heavy atom. The number of hydrogen-bond acceptors (Lipinski definition) is 3. The van der Waals surface area contributed by atoms with E-state index in [4.69, 9.17) is 9.62 Å². The van der Waals surface area contributed by atoms with Crippen molar-refractivity contribution in [3.63, 3.8) is 0 Å². The lowest BCUT2D eigenvalue weighted by molar-refractivity contribution is 0.318. The van der Waals surface area contributed by atoms with Crippen molar-refractivity contribution in [2.24, 2.45) is 5.16 Å². The van der Waals surface area contributed by atoms with Gasteiger partial charge in [-0.3, -0.25) is 0 Å². The third-order valence-corrected chi connectivity index (χ3v) is 2.25. The lowest BCUT2D eigenvalue weighted by Crippen LogP contribution is -1.96. The number of hydrogen-bond donors (Lipinski definition) is 1. The first-order chi connectivity index (χ1) is 6.86. The fourth-order valence-electron chi connectivity index (χ4n) is 1.52. The van der Waals surface area contributed by atoms with Crippen molar-refractivity contribution in [2.75, 3.05) is 0 Å². The largest absolute Gasteiger partial charge is 0.464 e. The minimum atomic E-state index is 0.648. The fourth-order valence-corrected chi connectivity index (χ4v) is 1.52. The van der Waals surface area contributed by atoms with Crippen LogP contribution in [0.5, 0.6) is 0 Å². The van der Waals surface area contributed by atoms with Gasteiger partial charge in [-0.25, -0.2) is 0 Å². The minimum absolute atomic E-state index is 0.648. The number of nitrogens with zero attached hydrogens (tertiary/aromatic N) is 1.